The maximum Gasteiger partial charge on any atom is 0.353 e. The highest BCUT2D eigenvalue weighted by Crippen LogP contribution is 2.12. The molecule has 2 rings (SSSR count). The molecule has 1 unspecified atom stereocenters. The van der Waals surface area contributed by atoms with E-state index in [-0.39, 0.29) is 11.8 Å². The van der Waals surface area contributed by atoms with Crippen LogP contribution >= 0.6 is 0 Å². The van der Waals surface area contributed by atoms with Crippen molar-refractivity contribution in [3.05, 3.63) is 35.9 Å². The van der Waals surface area contributed by atoms with Gasteiger partial charge in [0, 0.05) is 6.42 Å². The Morgan fingerprint density at radius 2 is 2.22 bits per heavy atom. The van der Waals surface area contributed by atoms with Gasteiger partial charge in [0.2, 0.25) is 0 Å². The van der Waals surface area contributed by atoms with Gasteiger partial charge in [-0.05, 0) is 12.0 Å². The van der Waals surface area contributed by atoms with Gasteiger partial charge in [0.1, 0.15) is 0 Å². The molecule has 0 aromatic heterocycles. The van der Waals surface area contributed by atoms with E-state index in [0.29, 0.717) is 26.1 Å². The molecule has 1 aromatic rings. The zero-order valence-corrected chi connectivity index (χ0v) is 9.91. The molecular formula is C13H15NO4. The number of hydrogen-bond donors (Lipinski definition) is 1. The lowest BCUT2D eigenvalue weighted by molar-refractivity contribution is -0.130. The van der Waals surface area contributed by atoms with Crippen molar-refractivity contribution in [1.29, 1.82) is 0 Å². The molecule has 0 radical (unpaired) electrons. The van der Waals surface area contributed by atoms with Gasteiger partial charge in [-0.25, -0.2) is 4.79 Å². The molecule has 1 atom stereocenters. The molecule has 5 heteroatoms. The highest BCUT2D eigenvalue weighted by Gasteiger charge is 2.21. The first-order chi connectivity index (χ1) is 8.75. The average molecular weight is 249 g/mol. The average Bonchev–Trinajstić information content (AvgIpc) is 2.40. The van der Waals surface area contributed by atoms with Gasteiger partial charge in [-0.2, -0.15) is 0 Å². The van der Waals surface area contributed by atoms with E-state index in [4.69, 9.17) is 14.7 Å². The van der Waals surface area contributed by atoms with E-state index in [1.165, 1.54) is 0 Å². The molecule has 0 saturated heterocycles. The normalized spacial score (nSPS) is 18.9. The number of benzene rings is 1. The molecule has 1 heterocycles. The summed E-state index contributed by atoms with van der Waals surface area (Å²) in [5.74, 6) is -1.02. The van der Waals surface area contributed by atoms with Crippen LogP contribution in [-0.2, 0) is 21.0 Å². The van der Waals surface area contributed by atoms with Gasteiger partial charge in [-0.3, -0.25) is 0 Å². The lowest BCUT2D eigenvalue weighted by Crippen LogP contribution is -2.27. The van der Waals surface area contributed by atoms with Gasteiger partial charge < -0.3 is 14.7 Å². The van der Waals surface area contributed by atoms with Crippen LogP contribution in [0, 0.1) is 0 Å². The Bertz CT molecular complexity index is 430. The molecule has 5 nitrogen and oxygen atoms in total. The van der Waals surface area contributed by atoms with Crippen LogP contribution in [0.1, 0.15) is 18.4 Å². The lowest BCUT2D eigenvalue weighted by Gasteiger charge is -2.19. The zero-order valence-electron chi connectivity index (χ0n) is 9.91. The van der Waals surface area contributed by atoms with Crippen molar-refractivity contribution in [2.24, 2.45) is 5.16 Å². The van der Waals surface area contributed by atoms with Gasteiger partial charge in [-0.15, -0.1) is 0 Å². The molecule has 1 aromatic carbocycles. The van der Waals surface area contributed by atoms with E-state index >= 15 is 0 Å². The molecule has 1 aliphatic heterocycles. The number of hydrogen-bond acceptors (Lipinski definition) is 4. The molecule has 96 valence electrons. The number of carbonyl (C=O) groups is 1. The third-order valence-corrected chi connectivity index (χ3v) is 2.68. The van der Waals surface area contributed by atoms with Crippen molar-refractivity contribution in [1.82, 2.24) is 0 Å². The highest BCUT2D eigenvalue weighted by molar-refractivity contribution is 6.35. The van der Waals surface area contributed by atoms with Crippen LogP contribution < -0.4 is 0 Å². The zero-order chi connectivity index (χ0) is 12.8. The Balaban J connectivity index is 1.71. The summed E-state index contributed by atoms with van der Waals surface area (Å²) in [7, 11) is 0. The minimum Gasteiger partial charge on any atom is -0.477 e. The van der Waals surface area contributed by atoms with Crippen LogP contribution in [0.3, 0.4) is 0 Å². The minimum absolute atomic E-state index is 0.0781. The molecule has 18 heavy (non-hydrogen) atoms. The van der Waals surface area contributed by atoms with Gasteiger partial charge in [0.25, 0.3) is 0 Å². The summed E-state index contributed by atoms with van der Waals surface area (Å²) < 4.78 is 5.51. The number of nitrogens with zero attached hydrogens (tertiary/aromatic N) is 1. The van der Waals surface area contributed by atoms with Crippen molar-refractivity contribution >= 4 is 11.7 Å². The lowest BCUT2D eigenvalue weighted by atomic mass is 10.1. The van der Waals surface area contributed by atoms with Gasteiger partial charge in [0.05, 0.1) is 13.2 Å². The van der Waals surface area contributed by atoms with Crippen LogP contribution in [0.2, 0.25) is 0 Å². The van der Waals surface area contributed by atoms with E-state index in [1.54, 1.807) is 0 Å². The third kappa shape index (κ3) is 3.56. The SMILES string of the molecule is O=C(O)C1=NOC(COCc2ccccc2)CC1. The predicted octanol–water partition coefficient (Wildman–Crippen LogP) is 1.82. The smallest absolute Gasteiger partial charge is 0.353 e. The number of oxime groups is 1. The molecule has 0 spiro atoms. The van der Waals surface area contributed by atoms with Gasteiger partial charge in [0.15, 0.2) is 11.8 Å². The summed E-state index contributed by atoms with van der Waals surface area (Å²) in [5, 5.41) is 12.3. The number of carboxylic acids is 1. The summed E-state index contributed by atoms with van der Waals surface area (Å²) >= 11 is 0. The Hall–Kier alpha value is -1.88. The van der Waals surface area contributed by atoms with Crippen molar-refractivity contribution in [2.75, 3.05) is 6.61 Å². The van der Waals surface area contributed by atoms with E-state index in [2.05, 4.69) is 5.16 Å². The van der Waals surface area contributed by atoms with Crippen LogP contribution in [0.4, 0.5) is 0 Å². The fraction of sp³-hybridized carbons (Fsp3) is 0.385. The van der Waals surface area contributed by atoms with E-state index in [0.717, 1.165) is 5.56 Å². The molecule has 0 fully saturated rings. The second-order valence-electron chi connectivity index (χ2n) is 4.11. The number of rotatable bonds is 5. The highest BCUT2D eigenvalue weighted by atomic mass is 16.7. The first-order valence-electron chi connectivity index (χ1n) is 5.83. The van der Waals surface area contributed by atoms with Crippen molar-refractivity contribution in [2.45, 2.75) is 25.6 Å². The molecular weight excluding hydrogens is 234 g/mol. The second kappa shape index (κ2) is 6.16. The number of ether oxygens (including phenoxy) is 1. The number of aliphatic carboxylic acids is 1. The van der Waals surface area contributed by atoms with Crippen molar-refractivity contribution < 1.29 is 19.5 Å². The van der Waals surface area contributed by atoms with Gasteiger partial charge in [-0.1, -0.05) is 35.5 Å². The van der Waals surface area contributed by atoms with E-state index in [1.807, 2.05) is 30.3 Å². The Morgan fingerprint density at radius 1 is 1.44 bits per heavy atom. The third-order valence-electron chi connectivity index (χ3n) is 2.68. The fourth-order valence-electron chi connectivity index (χ4n) is 1.68. The Kier molecular flexibility index (Phi) is 4.30. The second-order valence-corrected chi connectivity index (χ2v) is 4.11. The molecule has 1 N–H and O–H groups in total. The summed E-state index contributed by atoms with van der Waals surface area (Å²) in [4.78, 5) is 15.7. The fourth-order valence-corrected chi connectivity index (χ4v) is 1.68. The van der Waals surface area contributed by atoms with Crippen LogP contribution in [0.5, 0.6) is 0 Å². The topological polar surface area (TPSA) is 68.1 Å². The van der Waals surface area contributed by atoms with E-state index in [9.17, 15) is 4.79 Å². The molecule has 0 amide bonds. The van der Waals surface area contributed by atoms with Crippen molar-refractivity contribution in [3.63, 3.8) is 0 Å². The summed E-state index contributed by atoms with van der Waals surface area (Å²) in [6.45, 7) is 0.946. The summed E-state index contributed by atoms with van der Waals surface area (Å²) in [6.07, 6.45) is 0.894. The molecule has 0 bridgehead atoms. The van der Waals surface area contributed by atoms with Crippen molar-refractivity contribution in [3.8, 4) is 0 Å². The largest absolute Gasteiger partial charge is 0.477 e. The van der Waals surface area contributed by atoms with Crippen LogP contribution in [0.15, 0.2) is 35.5 Å². The Labute approximate surface area is 105 Å². The summed E-state index contributed by atoms with van der Waals surface area (Å²) in [6, 6.07) is 9.85. The van der Waals surface area contributed by atoms with Crippen LogP contribution in [0.25, 0.3) is 0 Å². The van der Waals surface area contributed by atoms with Gasteiger partial charge >= 0.3 is 5.97 Å². The molecule has 1 aliphatic rings. The quantitative estimate of drug-likeness (QED) is 0.864. The minimum atomic E-state index is -1.02. The number of carboxylic acid groups (broad SMARTS) is 1. The van der Waals surface area contributed by atoms with E-state index < -0.39 is 5.97 Å². The monoisotopic (exact) mass is 249 g/mol. The molecule has 0 aliphatic carbocycles. The summed E-state index contributed by atoms with van der Waals surface area (Å²) in [5.41, 5.74) is 1.18. The predicted molar refractivity (Wildman–Crippen MR) is 65.3 cm³/mol. The maximum atomic E-state index is 10.6. The standard InChI is InChI=1S/C13H15NO4/c15-13(16)12-7-6-11(18-14-12)9-17-8-10-4-2-1-3-5-10/h1-5,11H,6-9H2,(H,15,16). The first-order valence-corrected chi connectivity index (χ1v) is 5.83. The molecule has 0 saturated carbocycles. The Morgan fingerprint density at radius 3 is 2.83 bits per heavy atom. The van der Waals surface area contributed by atoms with Crippen LogP contribution in [-0.4, -0.2) is 29.5 Å². The first kappa shape index (κ1) is 12.6. The maximum absolute atomic E-state index is 10.6.